The molecule has 0 aliphatic heterocycles. The maximum absolute atomic E-state index is 12.0. The van der Waals surface area contributed by atoms with Gasteiger partial charge in [-0.1, -0.05) is 52.1 Å². The molecule has 1 unspecified atom stereocenters. The van der Waals surface area contributed by atoms with Crippen molar-refractivity contribution in [2.24, 2.45) is 10.4 Å². The van der Waals surface area contributed by atoms with Crippen molar-refractivity contribution in [3.05, 3.63) is 64.7 Å². The number of nitrogens with zero attached hydrogens (tertiary/aromatic N) is 3. The summed E-state index contributed by atoms with van der Waals surface area (Å²) in [5, 5.41) is 11.3. The molecule has 0 saturated heterocycles. The Morgan fingerprint density at radius 1 is 1.52 bits per heavy atom. The monoisotopic (exact) mass is 416 g/mol. The molecule has 1 aliphatic carbocycles. The van der Waals surface area contributed by atoms with Crippen LogP contribution in [-0.4, -0.2) is 36.4 Å². The molecule has 0 heterocycles. The first-order chi connectivity index (χ1) is 14.0. The minimum absolute atomic E-state index is 0.119. The summed E-state index contributed by atoms with van der Waals surface area (Å²) in [4.78, 5) is 17.5. The van der Waals surface area contributed by atoms with Crippen LogP contribution in [0.1, 0.15) is 36.5 Å². The molecule has 29 heavy (non-hydrogen) atoms. The van der Waals surface area contributed by atoms with Crippen molar-refractivity contribution in [2.75, 3.05) is 13.7 Å². The number of allylic oxidation sites excluding steroid dienone is 1. The number of nitrogens with two attached hydrogens (primary N) is 1. The summed E-state index contributed by atoms with van der Waals surface area (Å²) in [5.74, 6) is 0. The van der Waals surface area contributed by atoms with Crippen molar-refractivity contribution in [1.29, 1.82) is 0 Å². The Morgan fingerprint density at radius 2 is 2.31 bits per heavy atom. The zero-order chi connectivity index (χ0) is 21.2. The lowest BCUT2D eigenvalue weighted by Crippen LogP contribution is -2.45. The molecule has 1 aromatic carbocycles. The number of halogens is 1. The zero-order valence-corrected chi connectivity index (χ0v) is 17.5. The second-order valence-electron chi connectivity index (χ2n) is 6.65. The maximum atomic E-state index is 12.0. The number of aryl methyl sites for hydroxylation is 1. The third-order valence-corrected chi connectivity index (χ3v) is 4.91. The van der Waals surface area contributed by atoms with E-state index in [1.54, 1.807) is 6.08 Å². The van der Waals surface area contributed by atoms with Gasteiger partial charge in [-0.05, 0) is 48.9 Å². The van der Waals surface area contributed by atoms with Gasteiger partial charge in [0.2, 0.25) is 0 Å². The van der Waals surface area contributed by atoms with Crippen LogP contribution in [0.15, 0.2) is 58.4 Å². The van der Waals surface area contributed by atoms with Crippen LogP contribution in [-0.2, 0) is 11.3 Å². The number of rotatable bonds is 9. The average Bonchev–Trinajstić information content (AvgIpc) is 2.75. The van der Waals surface area contributed by atoms with Crippen LogP contribution in [0.4, 0.5) is 4.79 Å². The molecule has 0 saturated carbocycles. The fourth-order valence-corrected chi connectivity index (χ4v) is 3.10. The second kappa shape index (κ2) is 11.2. The molecule has 1 aromatic rings. The van der Waals surface area contributed by atoms with E-state index < -0.39 is 12.1 Å². The molecular formula is C21H27ClN5O2+. The van der Waals surface area contributed by atoms with E-state index in [-0.39, 0.29) is 6.61 Å². The Bertz CT molecular complexity index is 847. The zero-order valence-electron chi connectivity index (χ0n) is 16.8. The lowest BCUT2D eigenvalue weighted by atomic mass is 9.94. The predicted molar refractivity (Wildman–Crippen MR) is 115 cm³/mol. The number of carbonyl (C=O) groups excluding carboxylic acids is 1. The van der Waals surface area contributed by atoms with Gasteiger partial charge in [-0.2, -0.15) is 5.53 Å². The molecule has 0 fully saturated rings. The van der Waals surface area contributed by atoms with Gasteiger partial charge in [0.15, 0.2) is 0 Å². The fourth-order valence-electron chi connectivity index (χ4n) is 2.88. The van der Waals surface area contributed by atoms with Crippen LogP contribution in [0.25, 0.3) is 6.08 Å². The van der Waals surface area contributed by atoms with Gasteiger partial charge in [0.1, 0.15) is 13.7 Å². The number of carbonyl (C=O) groups is 1. The minimum atomic E-state index is -0.461. The van der Waals surface area contributed by atoms with Crippen LogP contribution < -0.4 is 10.8 Å². The average molecular weight is 417 g/mol. The van der Waals surface area contributed by atoms with E-state index in [2.05, 4.69) is 46.6 Å². The van der Waals surface area contributed by atoms with Gasteiger partial charge in [0, 0.05) is 11.1 Å². The number of nitrogens with one attached hydrogen (secondary N) is 1. The number of fused-ring (bicyclic) bond motifs is 1. The predicted octanol–water partition coefficient (Wildman–Crippen LogP) is 3.22. The molecule has 8 heteroatoms. The highest BCUT2D eigenvalue weighted by Gasteiger charge is 2.22. The van der Waals surface area contributed by atoms with Gasteiger partial charge < -0.3 is 10.2 Å². The molecule has 0 bridgehead atoms. The third-order valence-electron chi connectivity index (χ3n) is 4.63. The van der Waals surface area contributed by atoms with Crippen LogP contribution in [0.5, 0.6) is 0 Å². The number of benzene rings is 1. The SMILES string of the molecule is C=CCC(NC(=O)N(C)N=[NH2+])/C(=C/Cl)CO/N=C(/C)c1ccc2c(c1)C=CCC2. The van der Waals surface area contributed by atoms with Crippen LogP contribution in [0.2, 0.25) is 0 Å². The lowest BCUT2D eigenvalue weighted by Gasteiger charge is -2.19. The smallest absolute Gasteiger partial charge is 0.391 e. The number of oxime groups is 1. The van der Waals surface area contributed by atoms with Crippen molar-refractivity contribution in [3.8, 4) is 0 Å². The lowest BCUT2D eigenvalue weighted by molar-refractivity contribution is -0.248. The summed E-state index contributed by atoms with van der Waals surface area (Å²) in [7, 11) is 1.45. The van der Waals surface area contributed by atoms with Gasteiger partial charge in [0.05, 0.1) is 17.0 Å². The van der Waals surface area contributed by atoms with E-state index in [0.29, 0.717) is 12.0 Å². The standard InChI is InChI=1S/C21H26ClN5O2/c1-4-7-20(24-21(28)27(3)26-23)19(13-22)14-29-25-15(2)17-11-10-16-8-5-6-9-18(16)12-17/h4,6,9-13,20,23H,1,5,7-8,14H2,2-3H3,(H,24,28)/p+1/b19-13+,25-15-,26-23?. The van der Waals surface area contributed by atoms with Gasteiger partial charge in [0.25, 0.3) is 0 Å². The maximum Gasteiger partial charge on any atom is 0.429 e. The molecule has 1 atom stereocenters. The Hall–Kier alpha value is -2.93. The summed E-state index contributed by atoms with van der Waals surface area (Å²) in [6.07, 6.45) is 8.60. The van der Waals surface area contributed by atoms with Crippen molar-refractivity contribution in [2.45, 2.75) is 32.2 Å². The van der Waals surface area contributed by atoms with Crippen molar-refractivity contribution in [3.63, 3.8) is 0 Å². The normalized spacial score (nSPS) is 14.6. The summed E-state index contributed by atoms with van der Waals surface area (Å²) in [6, 6.07) is 5.42. The molecular weight excluding hydrogens is 390 g/mol. The van der Waals surface area contributed by atoms with Gasteiger partial charge >= 0.3 is 6.03 Å². The Balaban J connectivity index is 2.03. The van der Waals surface area contributed by atoms with Crippen molar-refractivity contribution < 1.29 is 15.2 Å². The highest BCUT2D eigenvalue weighted by Crippen LogP contribution is 2.21. The van der Waals surface area contributed by atoms with E-state index >= 15 is 0 Å². The third kappa shape index (κ3) is 6.29. The van der Waals surface area contributed by atoms with Gasteiger partial charge in [-0.15, -0.1) is 6.58 Å². The fraction of sp³-hybridized carbons (Fsp3) is 0.333. The van der Waals surface area contributed by atoms with Crippen LogP contribution in [0.3, 0.4) is 0 Å². The molecule has 0 spiro atoms. The molecule has 2 amide bonds. The molecule has 3 N–H and O–H groups in total. The second-order valence-corrected chi connectivity index (χ2v) is 6.87. The highest BCUT2D eigenvalue weighted by atomic mass is 35.5. The van der Waals surface area contributed by atoms with Crippen molar-refractivity contribution in [1.82, 2.24) is 10.3 Å². The Morgan fingerprint density at radius 3 is 3.00 bits per heavy atom. The van der Waals surface area contributed by atoms with Crippen LogP contribution in [0, 0.1) is 0 Å². The molecule has 0 radical (unpaired) electrons. The first-order valence-electron chi connectivity index (χ1n) is 9.31. The van der Waals surface area contributed by atoms with E-state index in [9.17, 15) is 4.79 Å². The summed E-state index contributed by atoms with van der Waals surface area (Å²) in [5.41, 5.74) is 11.5. The summed E-state index contributed by atoms with van der Waals surface area (Å²) >= 11 is 5.96. The van der Waals surface area contributed by atoms with Gasteiger partial charge in [-0.3, -0.25) is 0 Å². The summed E-state index contributed by atoms with van der Waals surface area (Å²) in [6.45, 7) is 5.72. The molecule has 0 aromatic heterocycles. The first kappa shape index (κ1) is 22.4. The minimum Gasteiger partial charge on any atom is -0.391 e. The first-order valence-corrected chi connectivity index (χ1v) is 9.75. The topological polar surface area (TPSA) is 91.9 Å². The number of hydrogen-bond donors (Lipinski definition) is 2. The van der Waals surface area contributed by atoms with E-state index in [1.165, 1.54) is 23.7 Å². The summed E-state index contributed by atoms with van der Waals surface area (Å²) < 4.78 is 0. The number of amides is 2. The highest BCUT2D eigenvalue weighted by molar-refractivity contribution is 6.25. The van der Waals surface area contributed by atoms with E-state index in [1.807, 2.05) is 13.0 Å². The number of urea groups is 1. The van der Waals surface area contributed by atoms with E-state index in [0.717, 1.165) is 29.1 Å². The number of hydrogen-bond acceptors (Lipinski definition) is 4. The largest absolute Gasteiger partial charge is 0.429 e. The molecule has 1 aliphatic rings. The molecule has 7 nitrogen and oxygen atoms in total. The van der Waals surface area contributed by atoms with E-state index in [4.69, 9.17) is 22.0 Å². The Labute approximate surface area is 176 Å². The molecule has 2 rings (SSSR count). The molecule has 154 valence electrons. The van der Waals surface area contributed by atoms with Crippen LogP contribution >= 0.6 is 11.6 Å². The Kier molecular flexibility index (Phi) is 8.61. The van der Waals surface area contributed by atoms with Crippen molar-refractivity contribution >= 4 is 29.4 Å². The van der Waals surface area contributed by atoms with Gasteiger partial charge in [-0.25, -0.2) is 4.79 Å². The quantitative estimate of drug-likeness (QED) is 0.280.